The first-order chi connectivity index (χ1) is 6.52. The van der Waals surface area contributed by atoms with Crippen LogP contribution in [0, 0.1) is 0 Å². The summed E-state index contributed by atoms with van der Waals surface area (Å²) in [5, 5.41) is 2.66. The molecule has 0 rings (SSSR count). The molecule has 2 nitrogen and oxygen atoms in total. The van der Waals surface area contributed by atoms with E-state index < -0.39 is 12.5 Å². The van der Waals surface area contributed by atoms with E-state index >= 15 is 0 Å². The number of ether oxygens (including phenoxy) is 1. The zero-order chi connectivity index (χ0) is 11.0. The predicted octanol–water partition coefficient (Wildman–Crippen LogP) is 2.21. The van der Waals surface area contributed by atoms with Crippen molar-refractivity contribution in [3.63, 3.8) is 0 Å². The Morgan fingerprint density at radius 3 is 2.71 bits per heavy atom. The summed E-state index contributed by atoms with van der Waals surface area (Å²) in [5.41, 5.74) is 0. The number of halogens is 2. The summed E-state index contributed by atoms with van der Waals surface area (Å²) in [6.45, 7) is 6.78. The van der Waals surface area contributed by atoms with Gasteiger partial charge in [-0.1, -0.05) is 13.0 Å². The lowest BCUT2D eigenvalue weighted by molar-refractivity contribution is -0.0846. The summed E-state index contributed by atoms with van der Waals surface area (Å²) in [6, 6.07) is 0. The lowest BCUT2D eigenvalue weighted by Gasteiger charge is -2.18. The van der Waals surface area contributed by atoms with E-state index in [1.165, 1.54) is 6.08 Å². The van der Waals surface area contributed by atoms with Crippen LogP contribution < -0.4 is 5.32 Å². The Hall–Kier alpha value is -0.480. The zero-order valence-electron chi connectivity index (χ0n) is 8.85. The predicted molar refractivity (Wildman–Crippen MR) is 53.7 cm³/mol. The Kier molecular flexibility index (Phi) is 6.66. The second-order valence-electron chi connectivity index (χ2n) is 3.28. The molecule has 0 fully saturated rings. The van der Waals surface area contributed by atoms with Crippen LogP contribution in [0.25, 0.3) is 0 Å². The van der Waals surface area contributed by atoms with Crippen molar-refractivity contribution in [3.8, 4) is 0 Å². The third-order valence-electron chi connectivity index (χ3n) is 1.70. The zero-order valence-corrected chi connectivity index (χ0v) is 8.85. The van der Waals surface area contributed by atoms with Gasteiger partial charge in [0.25, 0.3) is 5.92 Å². The molecule has 0 bridgehead atoms. The number of hydrogen-bond acceptors (Lipinski definition) is 2. The molecule has 0 heterocycles. The topological polar surface area (TPSA) is 21.3 Å². The van der Waals surface area contributed by atoms with Crippen molar-refractivity contribution in [1.82, 2.24) is 5.32 Å². The smallest absolute Gasteiger partial charge is 0.283 e. The average molecular weight is 207 g/mol. The Labute approximate surface area is 84.3 Å². The maximum Gasteiger partial charge on any atom is 0.283 e. The van der Waals surface area contributed by atoms with Crippen LogP contribution in [0.4, 0.5) is 8.78 Å². The van der Waals surface area contributed by atoms with E-state index in [2.05, 4.69) is 11.9 Å². The minimum atomic E-state index is -2.80. The fourth-order valence-electron chi connectivity index (χ4n) is 0.820. The maximum absolute atomic E-state index is 13.0. The molecule has 1 atom stereocenters. The Morgan fingerprint density at radius 1 is 1.57 bits per heavy atom. The van der Waals surface area contributed by atoms with Gasteiger partial charge in [0.05, 0.1) is 12.6 Å². The molecule has 0 aliphatic carbocycles. The third-order valence-corrected chi connectivity index (χ3v) is 1.70. The third kappa shape index (κ3) is 6.97. The normalized spacial score (nSPS) is 14.0. The van der Waals surface area contributed by atoms with Crippen LogP contribution >= 0.6 is 0 Å². The van der Waals surface area contributed by atoms with Crippen LogP contribution in [0.3, 0.4) is 0 Å². The van der Waals surface area contributed by atoms with Gasteiger partial charge in [0, 0.05) is 0 Å². The van der Waals surface area contributed by atoms with Crippen molar-refractivity contribution in [2.75, 3.05) is 19.7 Å². The molecule has 0 radical (unpaired) electrons. The molecule has 4 heteroatoms. The number of nitrogens with one attached hydrogen (secondary N) is 1. The van der Waals surface area contributed by atoms with Gasteiger partial charge in [0.1, 0.15) is 6.61 Å². The van der Waals surface area contributed by atoms with Gasteiger partial charge in [-0.2, -0.15) is 0 Å². The van der Waals surface area contributed by atoms with E-state index in [0.29, 0.717) is 6.54 Å². The highest BCUT2D eigenvalue weighted by molar-refractivity contribution is 4.77. The lowest BCUT2D eigenvalue weighted by Crippen LogP contribution is -2.37. The molecular weight excluding hydrogens is 188 g/mol. The van der Waals surface area contributed by atoms with Crippen molar-refractivity contribution in [3.05, 3.63) is 12.7 Å². The molecule has 0 amide bonds. The molecular formula is C10H19F2NO. The van der Waals surface area contributed by atoms with Gasteiger partial charge in [-0.3, -0.25) is 0 Å². The number of hydrogen-bond donors (Lipinski definition) is 1. The first-order valence-corrected chi connectivity index (χ1v) is 4.84. The van der Waals surface area contributed by atoms with E-state index in [1.807, 2.05) is 6.92 Å². The van der Waals surface area contributed by atoms with Gasteiger partial charge in [-0.25, -0.2) is 8.78 Å². The van der Waals surface area contributed by atoms with Crippen molar-refractivity contribution in [2.24, 2.45) is 0 Å². The molecule has 0 aliphatic heterocycles. The number of rotatable bonds is 8. The van der Waals surface area contributed by atoms with E-state index in [1.54, 1.807) is 6.92 Å². The highest BCUT2D eigenvalue weighted by atomic mass is 19.3. The Bertz CT molecular complexity index is 162. The summed E-state index contributed by atoms with van der Waals surface area (Å²) < 4.78 is 30.9. The van der Waals surface area contributed by atoms with Crippen molar-refractivity contribution in [1.29, 1.82) is 0 Å². The van der Waals surface area contributed by atoms with Crippen LogP contribution in [-0.2, 0) is 4.74 Å². The number of alkyl halides is 2. The largest absolute Gasteiger partial charge is 0.368 e. The fourth-order valence-corrected chi connectivity index (χ4v) is 0.820. The molecule has 0 saturated carbocycles. The molecule has 0 aromatic carbocycles. The van der Waals surface area contributed by atoms with Crippen LogP contribution in [0.1, 0.15) is 20.3 Å². The van der Waals surface area contributed by atoms with E-state index in [4.69, 9.17) is 4.74 Å². The lowest BCUT2D eigenvalue weighted by atomic mass is 10.3. The average Bonchev–Trinajstić information content (AvgIpc) is 2.14. The maximum atomic E-state index is 13.0. The molecule has 84 valence electrons. The fraction of sp³-hybridized carbons (Fsp3) is 0.800. The van der Waals surface area contributed by atoms with Crippen LogP contribution in [0.5, 0.6) is 0 Å². The molecule has 0 aromatic rings. The molecule has 0 saturated heterocycles. The van der Waals surface area contributed by atoms with Crippen molar-refractivity contribution < 1.29 is 13.5 Å². The van der Waals surface area contributed by atoms with Gasteiger partial charge in [0.15, 0.2) is 0 Å². The Balaban J connectivity index is 3.65. The van der Waals surface area contributed by atoms with Gasteiger partial charge < -0.3 is 10.1 Å². The summed E-state index contributed by atoms with van der Waals surface area (Å²) in [7, 11) is 0. The van der Waals surface area contributed by atoms with Crippen molar-refractivity contribution >= 4 is 0 Å². The van der Waals surface area contributed by atoms with Gasteiger partial charge in [-0.15, -0.1) is 6.58 Å². The van der Waals surface area contributed by atoms with Crippen LogP contribution in [0.15, 0.2) is 12.7 Å². The quantitative estimate of drug-likeness (QED) is 0.486. The molecule has 0 spiro atoms. The first kappa shape index (κ1) is 13.5. The highest BCUT2D eigenvalue weighted by Gasteiger charge is 2.28. The van der Waals surface area contributed by atoms with Crippen LogP contribution in [-0.4, -0.2) is 31.7 Å². The summed E-state index contributed by atoms with van der Waals surface area (Å²) >= 11 is 0. The summed E-state index contributed by atoms with van der Waals surface area (Å²) in [4.78, 5) is 0. The van der Waals surface area contributed by atoms with E-state index in [0.717, 1.165) is 6.42 Å². The van der Waals surface area contributed by atoms with Gasteiger partial charge >= 0.3 is 0 Å². The molecule has 14 heavy (non-hydrogen) atoms. The molecule has 0 aromatic heterocycles. The van der Waals surface area contributed by atoms with Crippen molar-refractivity contribution in [2.45, 2.75) is 32.3 Å². The highest BCUT2D eigenvalue weighted by Crippen LogP contribution is 2.13. The standard InChI is InChI=1S/C10H19F2NO/c1-4-6-13-7-10(11,12)8-14-9(3)5-2/h5,9,13H,2,4,6-8H2,1,3H3. The van der Waals surface area contributed by atoms with E-state index in [-0.39, 0.29) is 12.6 Å². The molecule has 1 N–H and O–H groups in total. The minimum absolute atomic E-state index is 0.327. The minimum Gasteiger partial charge on any atom is -0.368 e. The first-order valence-electron chi connectivity index (χ1n) is 4.84. The molecule has 0 aliphatic rings. The SMILES string of the molecule is C=CC(C)OCC(F)(F)CNCCC. The summed E-state index contributed by atoms with van der Waals surface area (Å²) in [6.07, 6.45) is 2.02. The second-order valence-corrected chi connectivity index (χ2v) is 3.28. The van der Waals surface area contributed by atoms with E-state index in [9.17, 15) is 8.78 Å². The van der Waals surface area contributed by atoms with Crippen LogP contribution in [0.2, 0.25) is 0 Å². The summed E-state index contributed by atoms with van der Waals surface area (Å²) in [5.74, 6) is -2.80. The van der Waals surface area contributed by atoms with Gasteiger partial charge in [0.2, 0.25) is 0 Å². The monoisotopic (exact) mass is 207 g/mol. The van der Waals surface area contributed by atoms with Gasteiger partial charge in [-0.05, 0) is 19.9 Å². The second kappa shape index (κ2) is 6.90. The Morgan fingerprint density at radius 2 is 2.21 bits per heavy atom. The molecule has 1 unspecified atom stereocenters.